The molecule has 2 atom stereocenters. The smallest absolute Gasteiger partial charge is 0.0105 e. The van der Waals surface area contributed by atoms with E-state index < -0.39 is 0 Å². The molecule has 0 aliphatic heterocycles. The lowest BCUT2D eigenvalue weighted by molar-refractivity contribution is 0.356. The average molecular weight is 296 g/mol. The largest absolute Gasteiger partial charge is 0.0588 e. The highest BCUT2D eigenvalue weighted by atomic mass is 14.5. The van der Waals surface area contributed by atoms with E-state index in [1.165, 1.54) is 25.7 Å². The quantitative estimate of drug-likeness (QED) is 0.571. The van der Waals surface area contributed by atoms with Crippen LogP contribution < -0.4 is 0 Å². The molecule has 2 radical (unpaired) electrons. The van der Waals surface area contributed by atoms with Crippen molar-refractivity contribution in [2.24, 2.45) is 10.8 Å². The van der Waals surface area contributed by atoms with E-state index >= 15 is 0 Å². The van der Waals surface area contributed by atoms with Crippen molar-refractivity contribution in [2.45, 2.75) is 79.1 Å². The fourth-order valence-corrected chi connectivity index (χ4v) is 4.81. The summed E-state index contributed by atoms with van der Waals surface area (Å²) < 4.78 is 0. The lowest BCUT2D eigenvalue weighted by Gasteiger charge is -2.33. The van der Waals surface area contributed by atoms with Gasteiger partial charge in [-0.1, -0.05) is 65.8 Å². The van der Waals surface area contributed by atoms with Gasteiger partial charge in [0.05, 0.1) is 0 Å². The van der Waals surface area contributed by atoms with Crippen molar-refractivity contribution in [3.8, 4) is 0 Å². The molecular formula is C22H32. The predicted octanol–water partition coefficient (Wildman–Crippen LogP) is 6.68. The molecule has 22 heavy (non-hydrogen) atoms. The third-order valence-corrected chi connectivity index (χ3v) is 7.30. The molecule has 2 unspecified atom stereocenters. The highest BCUT2D eigenvalue weighted by molar-refractivity contribution is 5.34. The average Bonchev–Trinajstić information content (AvgIpc) is 2.88. The molecule has 1 aromatic carbocycles. The zero-order valence-corrected chi connectivity index (χ0v) is 15.3. The van der Waals surface area contributed by atoms with Gasteiger partial charge in [-0.05, 0) is 71.3 Å². The highest BCUT2D eigenvalue weighted by Crippen LogP contribution is 2.55. The first-order valence-electron chi connectivity index (χ1n) is 9.00. The molecule has 0 aromatic heterocycles. The fraction of sp³-hybridized carbons (Fsp3) is 0.636. The van der Waals surface area contributed by atoms with Crippen LogP contribution >= 0.6 is 0 Å². The van der Waals surface area contributed by atoms with Gasteiger partial charge in [0.25, 0.3) is 0 Å². The maximum atomic E-state index is 2.42. The van der Waals surface area contributed by atoms with Gasteiger partial charge in [-0.15, -0.1) is 0 Å². The van der Waals surface area contributed by atoms with Crippen molar-refractivity contribution in [2.75, 3.05) is 0 Å². The molecule has 0 nitrogen and oxygen atoms in total. The Morgan fingerprint density at radius 1 is 0.682 bits per heavy atom. The molecule has 120 valence electrons. The monoisotopic (exact) mass is 296 g/mol. The summed E-state index contributed by atoms with van der Waals surface area (Å²) in [7, 11) is 0. The zero-order valence-electron chi connectivity index (χ0n) is 15.3. The van der Waals surface area contributed by atoms with Crippen molar-refractivity contribution in [3.63, 3.8) is 0 Å². The predicted molar refractivity (Wildman–Crippen MR) is 95.8 cm³/mol. The summed E-state index contributed by atoms with van der Waals surface area (Å²) in [6.07, 6.45) is 5.23. The van der Waals surface area contributed by atoms with Gasteiger partial charge in [0.1, 0.15) is 0 Å². The Morgan fingerprint density at radius 3 is 1.23 bits per heavy atom. The van der Waals surface area contributed by atoms with Crippen LogP contribution in [-0.2, 0) is 0 Å². The van der Waals surface area contributed by atoms with Gasteiger partial charge >= 0.3 is 0 Å². The van der Waals surface area contributed by atoms with E-state index in [0.717, 1.165) is 0 Å². The van der Waals surface area contributed by atoms with E-state index in [9.17, 15) is 0 Å². The second kappa shape index (κ2) is 5.39. The molecule has 0 heterocycles. The van der Waals surface area contributed by atoms with Crippen molar-refractivity contribution in [1.82, 2.24) is 0 Å². The highest BCUT2D eigenvalue weighted by Gasteiger charge is 2.43. The molecular weight excluding hydrogens is 264 g/mol. The normalized spacial score (nSPS) is 31.7. The number of hydrogen-bond acceptors (Lipinski definition) is 0. The lowest BCUT2D eigenvalue weighted by atomic mass is 9.71. The number of hydrogen-bond donors (Lipinski definition) is 0. The van der Waals surface area contributed by atoms with Crippen molar-refractivity contribution >= 4 is 0 Å². The van der Waals surface area contributed by atoms with Crippen LogP contribution in [0, 0.1) is 22.7 Å². The maximum absolute atomic E-state index is 2.42. The van der Waals surface area contributed by atoms with E-state index in [1.54, 1.807) is 23.0 Å². The van der Waals surface area contributed by atoms with Gasteiger partial charge in [0.2, 0.25) is 0 Å². The summed E-state index contributed by atoms with van der Waals surface area (Å²) >= 11 is 0. The first kappa shape index (κ1) is 16.1. The van der Waals surface area contributed by atoms with Crippen LogP contribution in [0.5, 0.6) is 0 Å². The maximum Gasteiger partial charge on any atom is -0.0105 e. The topological polar surface area (TPSA) is 0 Å². The van der Waals surface area contributed by atoms with Gasteiger partial charge in [-0.25, -0.2) is 0 Å². The Bertz CT molecular complexity index is 470. The minimum Gasteiger partial charge on any atom is -0.0588 e. The Hall–Kier alpha value is -0.780. The molecule has 0 spiro atoms. The minimum absolute atomic E-state index is 0.360. The Morgan fingerprint density at radius 2 is 1.00 bits per heavy atom. The van der Waals surface area contributed by atoms with Gasteiger partial charge in [-0.3, -0.25) is 0 Å². The van der Waals surface area contributed by atoms with Crippen LogP contribution in [0.1, 0.15) is 90.2 Å². The van der Waals surface area contributed by atoms with E-state index in [-0.39, 0.29) is 0 Å². The minimum atomic E-state index is 0.360. The summed E-state index contributed by atoms with van der Waals surface area (Å²) in [5.74, 6) is 4.74. The second-order valence-electron chi connectivity index (χ2n) is 8.85. The lowest BCUT2D eigenvalue weighted by Crippen LogP contribution is -2.21. The molecule has 0 saturated heterocycles. The molecule has 2 saturated carbocycles. The molecule has 1 aromatic rings. The van der Waals surface area contributed by atoms with Crippen LogP contribution in [0.15, 0.2) is 24.3 Å². The van der Waals surface area contributed by atoms with E-state index in [0.29, 0.717) is 22.7 Å². The van der Waals surface area contributed by atoms with Gasteiger partial charge < -0.3 is 0 Å². The molecule has 2 aliphatic rings. The molecule has 2 fully saturated rings. The van der Waals surface area contributed by atoms with Gasteiger partial charge in [0, 0.05) is 0 Å². The summed E-state index contributed by atoms with van der Waals surface area (Å²) in [5.41, 5.74) is 3.81. The molecule has 3 rings (SSSR count). The number of benzene rings is 1. The zero-order chi connectivity index (χ0) is 16.1. The third-order valence-electron chi connectivity index (χ3n) is 7.30. The molecule has 0 amide bonds. The Kier molecular flexibility index (Phi) is 3.94. The summed E-state index contributed by atoms with van der Waals surface area (Å²) in [6.45, 7) is 14.4. The summed E-state index contributed by atoms with van der Waals surface area (Å²) in [4.78, 5) is 0. The second-order valence-corrected chi connectivity index (χ2v) is 8.85. The summed E-state index contributed by atoms with van der Waals surface area (Å²) in [5, 5.41) is 0. The Labute approximate surface area is 137 Å². The van der Waals surface area contributed by atoms with Crippen molar-refractivity contribution < 1.29 is 0 Å². The van der Waals surface area contributed by atoms with E-state index in [2.05, 4.69) is 65.8 Å². The van der Waals surface area contributed by atoms with E-state index in [1.807, 2.05) is 0 Å². The molecule has 0 N–H and O–H groups in total. The SMILES string of the molecule is C[C]1CCC(c2ccc(C3CC[C](C)C3(C)C)cc2)C1(C)C. The first-order valence-corrected chi connectivity index (χ1v) is 9.00. The van der Waals surface area contributed by atoms with Gasteiger partial charge in [0.15, 0.2) is 0 Å². The Balaban J connectivity index is 1.82. The fourth-order valence-electron chi connectivity index (χ4n) is 4.81. The van der Waals surface area contributed by atoms with Gasteiger partial charge in [-0.2, -0.15) is 0 Å². The molecule has 2 aliphatic carbocycles. The van der Waals surface area contributed by atoms with E-state index in [4.69, 9.17) is 0 Å². The van der Waals surface area contributed by atoms with Crippen LogP contribution in [-0.4, -0.2) is 0 Å². The van der Waals surface area contributed by atoms with Crippen LogP contribution in [0.4, 0.5) is 0 Å². The molecule has 0 bridgehead atoms. The van der Waals surface area contributed by atoms with Crippen LogP contribution in [0.2, 0.25) is 0 Å². The standard InChI is InChI=1S/C22H32/c1-15-7-13-19(21(15,3)4)17-9-11-18(12-10-17)20-14-8-16(2)22(20,5)6/h9-12,19-20H,7-8,13-14H2,1-6H3. The van der Waals surface area contributed by atoms with Crippen LogP contribution in [0.3, 0.4) is 0 Å². The van der Waals surface area contributed by atoms with Crippen molar-refractivity contribution in [3.05, 3.63) is 47.2 Å². The summed E-state index contributed by atoms with van der Waals surface area (Å²) in [6, 6.07) is 9.68. The van der Waals surface area contributed by atoms with Crippen LogP contribution in [0.25, 0.3) is 0 Å². The first-order chi connectivity index (χ1) is 10.2. The number of rotatable bonds is 2. The molecule has 0 heteroatoms. The van der Waals surface area contributed by atoms with Crippen molar-refractivity contribution in [1.29, 1.82) is 0 Å². The third kappa shape index (κ3) is 2.43.